The molecule has 0 aliphatic carbocycles. The molecular weight excluding hydrogens is 208 g/mol. The van der Waals surface area contributed by atoms with E-state index in [0.29, 0.717) is 13.0 Å². The highest BCUT2D eigenvalue weighted by Crippen LogP contribution is 2.11. The van der Waals surface area contributed by atoms with E-state index >= 15 is 0 Å². The van der Waals surface area contributed by atoms with Gasteiger partial charge in [0, 0.05) is 23.9 Å². The highest BCUT2D eigenvalue weighted by atomic mass is 32.1. The fraction of sp³-hybridized carbons (Fsp3) is 0.545. The predicted molar refractivity (Wildman–Crippen MR) is 63.9 cm³/mol. The molecule has 0 radical (unpaired) electrons. The number of amides is 1. The third-order valence-corrected chi connectivity index (χ3v) is 3.10. The molecule has 0 saturated carbocycles. The van der Waals surface area contributed by atoms with Crippen molar-refractivity contribution in [2.75, 3.05) is 6.54 Å². The lowest BCUT2D eigenvalue weighted by molar-refractivity contribution is -0.121. The summed E-state index contributed by atoms with van der Waals surface area (Å²) in [5.74, 6) is 0.101. The second kappa shape index (κ2) is 6.58. The summed E-state index contributed by atoms with van der Waals surface area (Å²) in [7, 11) is 0. The van der Waals surface area contributed by atoms with Crippen LogP contribution in [0, 0.1) is 0 Å². The second-order valence-electron chi connectivity index (χ2n) is 3.64. The zero-order valence-electron chi connectivity index (χ0n) is 9.03. The molecule has 3 N–H and O–H groups in total. The average Bonchev–Trinajstić information content (AvgIpc) is 2.70. The van der Waals surface area contributed by atoms with Gasteiger partial charge in [0.15, 0.2) is 0 Å². The Morgan fingerprint density at radius 1 is 1.67 bits per heavy atom. The Balaban J connectivity index is 2.12. The van der Waals surface area contributed by atoms with Crippen LogP contribution in [0.3, 0.4) is 0 Å². The third-order valence-electron chi connectivity index (χ3n) is 2.17. The van der Waals surface area contributed by atoms with Gasteiger partial charge in [0.2, 0.25) is 5.91 Å². The van der Waals surface area contributed by atoms with Gasteiger partial charge in [-0.1, -0.05) is 6.07 Å². The Morgan fingerprint density at radius 3 is 3.07 bits per heavy atom. The van der Waals surface area contributed by atoms with Crippen molar-refractivity contribution in [2.24, 2.45) is 5.73 Å². The molecule has 1 aromatic rings. The van der Waals surface area contributed by atoms with Crippen LogP contribution < -0.4 is 11.1 Å². The van der Waals surface area contributed by atoms with Gasteiger partial charge >= 0.3 is 0 Å². The summed E-state index contributed by atoms with van der Waals surface area (Å²) < 4.78 is 0. The molecule has 1 rings (SSSR count). The summed E-state index contributed by atoms with van der Waals surface area (Å²) in [4.78, 5) is 12.7. The van der Waals surface area contributed by atoms with Crippen LogP contribution in [0.2, 0.25) is 0 Å². The van der Waals surface area contributed by atoms with E-state index in [-0.39, 0.29) is 11.9 Å². The molecule has 1 aromatic heterocycles. The molecule has 1 amide bonds. The number of hydrogen-bond acceptors (Lipinski definition) is 3. The molecule has 0 saturated heterocycles. The number of thiophene rings is 1. The second-order valence-corrected chi connectivity index (χ2v) is 4.67. The number of nitrogens with one attached hydrogen (secondary N) is 1. The van der Waals surface area contributed by atoms with Crippen molar-refractivity contribution >= 4 is 17.2 Å². The zero-order valence-corrected chi connectivity index (χ0v) is 9.85. The van der Waals surface area contributed by atoms with Crippen molar-refractivity contribution in [3.8, 4) is 0 Å². The molecule has 3 nitrogen and oxygen atoms in total. The Labute approximate surface area is 94.7 Å². The lowest BCUT2D eigenvalue weighted by Gasteiger charge is -2.10. The van der Waals surface area contributed by atoms with Crippen LogP contribution in [0.5, 0.6) is 0 Å². The van der Waals surface area contributed by atoms with E-state index in [2.05, 4.69) is 16.8 Å². The fourth-order valence-corrected chi connectivity index (χ4v) is 2.04. The van der Waals surface area contributed by atoms with E-state index < -0.39 is 0 Å². The summed E-state index contributed by atoms with van der Waals surface area (Å²) in [5, 5.41) is 4.91. The topological polar surface area (TPSA) is 55.1 Å². The molecule has 0 aromatic carbocycles. The molecule has 0 bridgehead atoms. The van der Waals surface area contributed by atoms with E-state index in [9.17, 15) is 4.79 Å². The van der Waals surface area contributed by atoms with Crippen molar-refractivity contribution in [2.45, 2.75) is 32.2 Å². The van der Waals surface area contributed by atoms with Gasteiger partial charge in [-0.25, -0.2) is 0 Å². The predicted octanol–water partition coefficient (Wildman–Crippen LogP) is 1.53. The van der Waals surface area contributed by atoms with E-state index in [4.69, 9.17) is 5.73 Å². The van der Waals surface area contributed by atoms with Crippen LogP contribution in [0.4, 0.5) is 0 Å². The normalized spacial score (nSPS) is 12.4. The molecule has 0 aliphatic rings. The number of aryl methyl sites for hydroxylation is 1. The summed E-state index contributed by atoms with van der Waals surface area (Å²) in [6, 6.07) is 4.22. The minimum atomic E-state index is 0.0826. The molecule has 1 heterocycles. The minimum absolute atomic E-state index is 0.0826. The van der Waals surface area contributed by atoms with Gasteiger partial charge in [0.25, 0.3) is 0 Å². The van der Waals surface area contributed by atoms with Crippen molar-refractivity contribution in [3.05, 3.63) is 22.4 Å². The first-order valence-corrected chi connectivity index (χ1v) is 6.12. The number of carbonyl (C=O) groups excluding carboxylic acids is 1. The minimum Gasteiger partial charge on any atom is -0.352 e. The van der Waals surface area contributed by atoms with Gasteiger partial charge in [0.05, 0.1) is 0 Å². The van der Waals surface area contributed by atoms with Crippen LogP contribution >= 0.6 is 11.3 Å². The largest absolute Gasteiger partial charge is 0.352 e. The molecular formula is C11H18N2OS. The van der Waals surface area contributed by atoms with Crippen LogP contribution in [0.1, 0.15) is 24.6 Å². The first-order valence-electron chi connectivity index (χ1n) is 5.24. The van der Waals surface area contributed by atoms with E-state index in [1.54, 1.807) is 11.3 Å². The maximum absolute atomic E-state index is 11.4. The van der Waals surface area contributed by atoms with Gasteiger partial charge in [-0.3, -0.25) is 4.79 Å². The number of nitrogens with two attached hydrogens (primary N) is 1. The molecule has 0 fully saturated rings. The van der Waals surface area contributed by atoms with E-state index in [0.717, 1.165) is 12.8 Å². The first-order chi connectivity index (χ1) is 7.22. The van der Waals surface area contributed by atoms with Gasteiger partial charge < -0.3 is 11.1 Å². The average molecular weight is 226 g/mol. The van der Waals surface area contributed by atoms with Crippen LogP contribution in [0.15, 0.2) is 17.5 Å². The van der Waals surface area contributed by atoms with Crippen LogP contribution in [-0.4, -0.2) is 18.5 Å². The van der Waals surface area contributed by atoms with E-state index in [1.165, 1.54) is 4.88 Å². The van der Waals surface area contributed by atoms with Crippen molar-refractivity contribution < 1.29 is 4.79 Å². The third kappa shape index (κ3) is 4.95. The fourth-order valence-electron chi connectivity index (χ4n) is 1.28. The monoisotopic (exact) mass is 226 g/mol. The molecule has 0 aliphatic heterocycles. The van der Waals surface area contributed by atoms with Crippen molar-refractivity contribution in [1.29, 1.82) is 0 Å². The standard InChI is InChI=1S/C11H18N2OS/c1-9(8-12)13-11(14)6-2-4-10-5-3-7-15-10/h3,5,7,9H,2,4,6,8,12H2,1H3,(H,13,14)/t9-/m1/s1. The Morgan fingerprint density at radius 2 is 2.47 bits per heavy atom. The molecule has 84 valence electrons. The zero-order chi connectivity index (χ0) is 11.1. The summed E-state index contributed by atoms with van der Waals surface area (Å²) >= 11 is 1.74. The number of carbonyl (C=O) groups is 1. The summed E-state index contributed by atoms with van der Waals surface area (Å²) in [6.07, 6.45) is 2.48. The highest BCUT2D eigenvalue weighted by Gasteiger charge is 2.05. The van der Waals surface area contributed by atoms with Crippen LogP contribution in [-0.2, 0) is 11.2 Å². The first kappa shape index (κ1) is 12.2. The van der Waals surface area contributed by atoms with Gasteiger partial charge in [-0.15, -0.1) is 11.3 Å². The molecule has 4 heteroatoms. The Kier molecular flexibility index (Phi) is 5.36. The molecule has 0 unspecified atom stereocenters. The molecule has 15 heavy (non-hydrogen) atoms. The Hall–Kier alpha value is -0.870. The summed E-state index contributed by atoms with van der Waals surface area (Å²) in [5.41, 5.74) is 5.41. The van der Waals surface area contributed by atoms with Gasteiger partial charge in [0.1, 0.15) is 0 Å². The highest BCUT2D eigenvalue weighted by molar-refractivity contribution is 7.09. The van der Waals surface area contributed by atoms with Crippen LogP contribution in [0.25, 0.3) is 0 Å². The smallest absolute Gasteiger partial charge is 0.220 e. The van der Waals surface area contributed by atoms with Crippen molar-refractivity contribution in [1.82, 2.24) is 5.32 Å². The van der Waals surface area contributed by atoms with E-state index in [1.807, 2.05) is 13.0 Å². The van der Waals surface area contributed by atoms with Gasteiger partial charge in [-0.05, 0) is 31.2 Å². The Bertz CT molecular complexity index is 285. The lowest BCUT2D eigenvalue weighted by atomic mass is 10.2. The lowest BCUT2D eigenvalue weighted by Crippen LogP contribution is -2.37. The number of rotatable bonds is 6. The van der Waals surface area contributed by atoms with Gasteiger partial charge in [-0.2, -0.15) is 0 Å². The van der Waals surface area contributed by atoms with Crippen molar-refractivity contribution in [3.63, 3.8) is 0 Å². The SMILES string of the molecule is C[C@H](CN)NC(=O)CCCc1cccs1. The maximum atomic E-state index is 11.4. The number of hydrogen-bond donors (Lipinski definition) is 2. The maximum Gasteiger partial charge on any atom is 0.220 e. The summed E-state index contributed by atoms with van der Waals surface area (Å²) in [6.45, 7) is 2.41. The quantitative estimate of drug-likeness (QED) is 0.773. The molecule has 1 atom stereocenters. The molecule has 0 spiro atoms.